The standard InChI is InChI=1S/C21H39NO7Si/c1-11-14(13-28-30(9,10)21(5,6)7)15(17(23)24)12-16(18(25)27-8)22-19(26)29-20(2,3)4/h11,14-16H,1,12-13H2,2-10H3,(H,22,26)(H,23,24)/t14-,15+,16+/m1/s1. The van der Waals surface area contributed by atoms with Crippen molar-refractivity contribution >= 4 is 26.3 Å². The largest absolute Gasteiger partial charge is 0.481 e. The summed E-state index contributed by atoms with van der Waals surface area (Å²) < 4.78 is 16.1. The topological polar surface area (TPSA) is 111 Å². The molecule has 0 aromatic rings. The van der Waals surface area contributed by atoms with Gasteiger partial charge in [0.2, 0.25) is 0 Å². The molecule has 8 nitrogen and oxygen atoms in total. The molecule has 0 aromatic heterocycles. The highest BCUT2D eigenvalue weighted by atomic mass is 28.4. The fourth-order valence-corrected chi connectivity index (χ4v) is 3.43. The molecule has 0 aliphatic heterocycles. The molecule has 0 saturated heterocycles. The lowest BCUT2D eigenvalue weighted by Gasteiger charge is -2.37. The van der Waals surface area contributed by atoms with Gasteiger partial charge in [-0.05, 0) is 45.3 Å². The molecule has 1 amide bonds. The minimum atomic E-state index is -2.11. The molecule has 30 heavy (non-hydrogen) atoms. The number of hydrogen-bond donors (Lipinski definition) is 2. The van der Waals surface area contributed by atoms with Crippen molar-refractivity contribution in [2.75, 3.05) is 13.7 Å². The third-order valence-electron chi connectivity index (χ3n) is 5.25. The van der Waals surface area contributed by atoms with Gasteiger partial charge in [-0.1, -0.05) is 26.8 Å². The average molecular weight is 446 g/mol. The van der Waals surface area contributed by atoms with Gasteiger partial charge in [0.25, 0.3) is 0 Å². The number of alkyl carbamates (subject to hydrolysis) is 1. The molecule has 0 aliphatic rings. The lowest BCUT2D eigenvalue weighted by Crippen LogP contribution is -2.47. The number of ether oxygens (including phenoxy) is 2. The van der Waals surface area contributed by atoms with Crippen molar-refractivity contribution in [2.45, 2.75) is 77.7 Å². The van der Waals surface area contributed by atoms with E-state index in [1.165, 1.54) is 13.2 Å². The molecule has 0 aliphatic carbocycles. The Labute approximate surface area is 181 Å². The smallest absolute Gasteiger partial charge is 0.408 e. The summed E-state index contributed by atoms with van der Waals surface area (Å²) in [6, 6.07) is -1.18. The van der Waals surface area contributed by atoms with Gasteiger partial charge in [-0.3, -0.25) is 4.79 Å². The lowest BCUT2D eigenvalue weighted by atomic mass is 9.87. The molecule has 0 unspecified atom stereocenters. The predicted molar refractivity (Wildman–Crippen MR) is 118 cm³/mol. The minimum absolute atomic E-state index is 0.0374. The molecule has 0 aromatic carbocycles. The number of nitrogens with one attached hydrogen (secondary N) is 1. The van der Waals surface area contributed by atoms with E-state index < -0.39 is 49.8 Å². The third-order valence-corrected chi connectivity index (χ3v) is 9.75. The molecule has 2 N–H and O–H groups in total. The molecule has 174 valence electrons. The van der Waals surface area contributed by atoms with Crippen molar-refractivity contribution < 1.29 is 33.4 Å². The molecule has 0 fully saturated rings. The summed E-state index contributed by atoms with van der Waals surface area (Å²) in [6.45, 7) is 19.4. The van der Waals surface area contributed by atoms with Crippen molar-refractivity contribution in [3.05, 3.63) is 12.7 Å². The maximum atomic E-state index is 12.2. The molecule has 3 atom stereocenters. The minimum Gasteiger partial charge on any atom is -0.481 e. The second-order valence-corrected chi connectivity index (χ2v) is 14.7. The van der Waals surface area contributed by atoms with Gasteiger partial charge in [0.05, 0.1) is 13.0 Å². The SMILES string of the molecule is C=C[C@H](CO[Si](C)(C)C(C)(C)C)[C@H](C[C@H](NC(=O)OC(C)(C)C)C(=O)OC)C(=O)O. The van der Waals surface area contributed by atoms with Crippen LogP contribution in [0, 0.1) is 11.8 Å². The number of methoxy groups -OCH3 is 1. The van der Waals surface area contributed by atoms with Gasteiger partial charge < -0.3 is 24.3 Å². The molecule has 0 saturated carbocycles. The number of esters is 1. The van der Waals surface area contributed by atoms with E-state index in [4.69, 9.17) is 13.9 Å². The molecule has 0 heterocycles. The van der Waals surface area contributed by atoms with Crippen molar-refractivity contribution in [1.82, 2.24) is 5.32 Å². The molecular formula is C21H39NO7Si. The Kier molecular flexibility index (Phi) is 10.3. The van der Waals surface area contributed by atoms with Crippen LogP contribution in [0.1, 0.15) is 48.0 Å². The van der Waals surface area contributed by atoms with Crippen LogP contribution in [-0.4, -0.2) is 56.8 Å². The van der Waals surface area contributed by atoms with Crippen LogP contribution < -0.4 is 5.32 Å². The highest BCUT2D eigenvalue weighted by Gasteiger charge is 2.39. The zero-order valence-corrected chi connectivity index (χ0v) is 20.8. The van der Waals surface area contributed by atoms with Crippen LogP contribution in [0.2, 0.25) is 18.1 Å². The van der Waals surface area contributed by atoms with E-state index in [0.717, 1.165) is 0 Å². The van der Waals surface area contributed by atoms with Crippen molar-refractivity contribution in [3.8, 4) is 0 Å². The summed E-state index contributed by atoms with van der Waals surface area (Å²) in [6.07, 6.45) is 0.515. The van der Waals surface area contributed by atoms with E-state index in [1.54, 1.807) is 20.8 Å². The molecular weight excluding hydrogens is 406 g/mol. The highest BCUT2D eigenvalue weighted by Crippen LogP contribution is 2.37. The van der Waals surface area contributed by atoms with Crippen LogP contribution in [0.5, 0.6) is 0 Å². The summed E-state index contributed by atoms with van der Waals surface area (Å²) >= 11 is 0. The van der Waals surface area contributed by atoms with Crippen LogP contribution in [0.15, 0.2) is 12.7 Å². The Morgan fingerprint density at radius 3 is 2.03 bits per heavy atom. The van der Waals surface area contributed by atoms with Gasteiger partial charge in [0, 0.05) is 12.5 Å². The van der Waals surface area contributed by atoms with Crippen LogP contribution in [0.4, 0.5) is 4.79 Å². The number of carboxylic acid groups (broad SMARTS) is 1. The van der Waals surface area contributed by atoms with Gasteiger partial charge in [-0.2, -0.15) is 0 Å². The zero-order chi connectivity index (χ0) is 23.9. The molecule has 0 bridgehead atoms. The Hall–Kier alpha value is -1.87. The number of carbonyl (C=O) groups excluding carboxylic acids is 2. The molecule has 9 heteroatoms. The van der Waals surface area contributed by atoms with Crippen molar-refractivity contribution in [2.24, 2.45) is 11.8 Å². The van der Waals surface area contributed by atoms with Crippen LogP contribution in [-0.2, 0) is 23.5 Å². The van der Waals surface area contributed by atoms with E-state index in [9.17, 15) is 19.5 Å². The second-order valence-electron chi connectivity index (χ2n) is 9.87. The number of carboxylic acids is 1. The lowest BCUT2D eigenvalue weighted by molar-refractivity contribution is -0.147. The number of rotatable bonds is 10. The average Bonchev–Trinajstić information content (AvgIpc) is 2.56. The zero-order valence-electron chi connectivity index (χ0n) is 19.8. The first kappa shape index (κ1) is 28.1. The summed E-state index contributed by atoms with van der Waals surface area (Å²) in [5.41, 5.74) is -0.766. The summed E-state index contributed by atoms with van der Waals surface area (Å²) in [4.78, 5) is 36.3. The second kappa shape index (κ2) is 10.9. The van der Waals surface area contributed by atoms with Gasteiger partial charge in [-0.25, -0.2) is 9.59 Å². The first-order valence-corrected chi connectivity index (χ1v) is 12.9. The Bertz CT molecular complexity index is 620. The van der Waals surface area contributed by atoms with E-state index in [-0.39, 0.29) is 18.1 Å². The highest BCUT2D eigenvalue weighted by molar-refractivity contribution is 6.74. The van der Waals surface area contributed by atoms with E-state index in [2.05, 4.69) is 45.8 Å². The number of amides is 1. The fourth-order valence-electron chi connectivity index (χ4n) is 2.39. The van der Waals surface area contributed by atoms with Crippen molar-refractivity contribution in [1.29, 1.82) is 0 Å². The first-order chi connectivity index (χ1) is 13.4. The molecule has 0 spiro atoms. The third kappa shape index (κ3) is 9.29. The fraction of sp³-hybridized carbons (Fsp3) is 0.762. The first-order valence-electron chi connectivity index (χ1n) is 10.0. The van der Waals surface area contributed by atoms with E-state index in [0.29, 0.717) is 0 Å². The number of carbonyl (C=O) groups is 3. The van der Waals surface area contributed by atoms with Gasteiger partial charge in [-0.15, -0.1) is 6.58 Å². The number of aliphatic carboxylic acids is 1. The van der Waals surface area contributed by atoms with Gasteiger partial charge in [0.15, 0.2) is 8.32 Å². The van der Waals surface area contributed by atoms with Crippen LogP contribution >= 0.6 is 0 Å². The molecule has 0 radical (unpaired) electrons. The predicted octanol–water partition coefficient (Wildman–Crippen LogP) is 3.97. The van der Waals surface area contributed by atoms with Crippen molar-refractivity contribution in [3.63, 3.8) is 0 Å². The van der Waals surface area contributed by atoms with Gasteiger partial charge >= 0.3 is 18.0 Å². The number of hydrogen-bond acceptors (Lipinski definition) is 6. The summed E-state index contributed by atoms with van der Waals surface area (Å²) in [7, 11) is -0.934. The van der Waals surface area contributed by atoms with E-state index >= 15 is 0 Å². The molecule has 0 rings (SSSR count). The van der Waals surface area contributed by atoms with E-state index in [1.807, 2.05) is 0 Å². The van der Waals surface area contributed by atoms with Gasteiger partial charge in [0.1, 0.15) is 11.6 Å². The summed E-state index contributed by atoms with van der Waals surface area (Å²) in [5, 5.41) is 12.2. The monoisotopic (exact) mass is 445 g/mol. The maximum Gasteiger partial charge on any atom is 0.408 e. The summed E-state index contributed by atoms with van der Waals surface area (Å²) in [5.74, 6) is -3.42. The van der Waals surface area contributed by atoms with Crippen LogP contribution in [0.3, 0.4) is 0 Å². The maximum absolute atomic E-state index is 12.2. The Balaban J connectivity index is 5.49. The Morgan fingerprint density at radius 1 is 1.13 bits per heavy atom. The van der Waals surface area contributed by atoms with Crippen LogP contribution in [0.25, 0.3) is 0 Å². The normalized spacial score (nSPS) is 15.5. The quantitative estimate of drug-likeness (QED) is 0.297. The Morgan fingerprint density at radius 2 is 1.67 bits per heavy atom.